The Morgan fingerprint density at radius 1 is 1.33 bits per heavy atom. The Morgan fingerprint density at radius 3 is 2.13 bits per heavy atom. The maximum absolute atomic E-state index is 5.29. The smallest absolute Gasteiger partial charge is 0.0179 e. The molecule has 1 aliphatic rings. The van der Waals surface area contributed by atoms with Crippen LogP contribution in [0, 0.1) is 0 Å². The fourth-order valence-corrected chi connectivity index (χ4v) is 2.02. The van der Waals surface area contributed by atoms with Crippen LogP contribution in [0.3, 0.4) is 0 Å². The Bertz CT molecular complexity index is 157. The first kappa shape index (κ1) is 14.9. The van der Waals surface area contributed by atoms with Crippen LogP contribution in [0.15, 0.2) is 0 Å². The standard InChI is InChI=1S/C9H19N.C4H11N/c1-4-9(3)7-6-8-10(9)5-2;1-3-4(2)5/h4-8H2,1-3H3;4H,3,5H2,1-2H3. The van der Waals surface area contributed by atoms with Crippen LogP contribution >= 0.6 is 0 Å². The summed E-state index contributed by atoms with van der Waals surface area (Å²) in [4.78, 5) is 2.60. The van der Waals surface area contributed by atoms with E-state index in [9.17, 15) is 0 Å². The Morgan fingerprint density at radius 2 is 1.87 bits per heavy atom. The predicted octanol–water partition coefficient (Wildman–Crippen LogP) is 3.01. The van der Waals surface area contributed by atoms with Gasteiger partial charge in [-0.15, -0.1) is 0 Å². The maximum atomic E-state index is 5.29. The van der Waals surface area contributed by atoms with Crippen LogP contribution in [0.4, 0.5) is 0 Å². The van der Waals surface area contributed by atoms with Crippen LogP contribution in [0.1, 0.15) is 60.3 Å². The largest absolute Gasteiger partial charge is 0.328 e. The minimum absolute atomic E-state index is 0.384. The summed E-state index contributed by atoms with van der Waals surface area (Å²) in [6, 6.07) is 0.384. The zero-order valence-electron chi connectivity index (χ0n) is 11.3. The molecule has 2 N–H and O–H groups in total. The SMILES string of the molecule is CCC(C)N.CCN1CCCC1(C)CC. The lowest BCUT2D eigenvalue weighted by Crippen LogP contribution is -2.40. The Kier molecular flexibility index (Phi) is 7.20. The molecule has 2 atom stereocenters. The average Bonchev–Trinajstić information content (AvgIpc) is 2.61. The van der Waals surface area contributed by atoms with E-state index in [4.69, 9.17) is 5.73 Å². The van der Waals surface area contributed by atoms with Crippen molar-refractivity contribution in [2.75, 3.05) is 13.1 Å². The van der Waals surface area contributed by atoms with Crippen molar-refractivity contribution in [1.82, 2.24) is 4.90 Å². The molecule has 1 fully saturated rings. The molecule has 0 aliphatic carbocycles. The molecule has 2 unspecified atom stereocenters. The van der Waals surface area contributed by atoms with E-state index in [2.05, 4.69) is 32.6 Å². The van der Waals surface area contributed by atoms with Crippen molar-refractivity contribution in [2.24, 2.45) is 5.73 Å². The van der Waals surface area contributed by atoms with E-state index >= 15 is 0 Å². The molecule has 92 valence electrons. The second-order valence-electron chi connectivity index (χ2n) is 4.92. The zero-order chi connectivity index (χ0) is 11.9. The second kappa shape index (κ2) is 7.24. The van der Waals surface area contributed by atoms with E-state index in [1.54, 1.807) is 0 Å². The lowest BCUT2D eigenvalue weighted by atomic mass is 9.96. The average molecular weight is 214 g/mol. The molecule has 1 aliphatic heterocycles. The topological polar surface area (TPSA) is 29.3 Å². The number of nitrogens with zero attached hydrogens (tertiary/aromatic N) is 1. The molecule has 0 amide bonds. The van der Waals surface area contributed by atoms with Gasteiger partial charge in [0.1, 0.15) is 0 Å². The number of rotatable bonds is 3. The van der Waals surface area contributed by atoms with Crippen molar-refractivity contribution in [3.05, 3.63) is 0 Å². The van der Waals surface area contributed by atoms with Gasteiger partial charge in [-0.3, -0.25) is 4.90 Å². The molecular weight excluding hydrogens is 184 g/mol. The summed E-state index contributed by atoms with van der Waals surface area (Å²) in [5.41, 5.74) is 5.83. The van der Waals surface area contributed by atoms with Crippen LogP contribution in [0.25, 0.3) is 0 Å². The Labute approximate surface area is 96.2 Å². The van der Waals surface area contributed by atoms with Gasteiger partial charge >= 0.3 is 0 Å². The molecule has 0 bridgehead atoms. The summed E-state index contributed by atoms with van der Waals surface area (Å²) in [7, 11) is 0. The van der Waals surface area contributed by atoms with Gasteiger partial charge < -0.3 is 5.73 Å². The van der Waals surface area contributed by atoms with E-state index in [0.29, 0.717) is 11.6 Å². The van der Waals surface area contributed by atoms with Gasteiger partial charge in [-0.25, -0.2) is 0 Å². The minimum atomic E-state index is 0.384. The fourth-order valence-electron chi connectivity index (χ4n) is 2.02. The highest BCUT2D eigenvalue weighted by Gasteiger charge is 2.32. The number of likely N-dealkylation sites (tertiary alicyclic amines) is 1. The molecule has 0 saturated carbocycles. The first-order chi connectivity index (χ1) is 7.00. The molecular formula is C13H30N2. The van der Waals surface area contributed by atoms with Gasteiger partial charge in [0.15, 0.2) is 0 Å². The molecule has 0 radical (unpaired) electrons. The first-order valence-electron chi connectivity index (χ1n) is 6.50. The lowest BCUT2D eigenvalue weighted by Gasteiger charge is -2.33. The van der Waals surface area contributed by atoms with Crippen LogP contribution in [0.5, 0.6) is 0 Å². The number of hydrogen-bond donors (Lipinski definition) is 1. The predicted molar refractivity (Wildman–Crippen MR) is 69.1 cm³/mol. The van der Waals surface area contributed by atoms with Gasteiger partial charge in [-0.05, 0) is 52.6 Å². The van der Waals surface area contributed by atoms with Crippen molar-refractivity contribution >= 4 is 0 Å². The van der Waals surface area contributed by atoms with E-state index in [1.807, 2.05) is 6.92 Å². The third kappa shape index (κ3) is 4.98. The summed E-state index contributed by atoms with van der Waals surface area (Å²) < 4.78 is 0. The van der Waals surface area contributed by atoms with E-state index < -0.39 is 0 Å². The Hall–Kier alpha value is -0.0800. The van der Waals surface area contributed by atoms with E-state index in [1.165, 1.54) is 32.4 Å². The normalized spacial score (nSPS) is 28.4. The van der Waals surface area contributed by atoms with Crippen LogP contribution < -0.4 is 5.73 Å². The minimum Gasteiger partial charge on any atom is -0.328 e. The van der Waals surface area contributed by atoms with Gasteiger partial charge in [-0.1, -0.05) is 20.8 Å². The number of nitrogens with two attached hydrogens (primary N) is 1. The lowest BCUT2D eigenvalue weighted by molar-refractivity contribution is 0.159. The fraction of sp³-hybridized carbons (Fsp3) is 1.00. The summed E-state index contributed by atoms with van der Waals surface area (Å²) in [6.07, 6.45) is 5.19. The van der Waals surface area contributed by atoms with Crippen molar-refractivity contribution in [3.63, 3.8) is 0 Å². The van der Waals surface area contributed by atoms with Crippen LogP contribution in [-0.2, 0) is 0 Å². The van der Waals surface area contributed by atoms with Gasteiger partial charge in [0, 0.05) is 11.6 Å². The van der Waals surface area contributed by atoms with Crippen molar-refractivity contribution < 1.29 is 0 Å². The highest BCUT2D eigenvalue weighted by atomic mass is 15.2. The molecule has 0 aromatic heterocycles. The van der Waals surface area contributed by atoms with Gasteiger partial charge in [0.05, 0.1) is 0 Å². The molecule has 1 heterocycles. The summed E-state index contributed by atoms with van der Waals surface area (Å²) in [5.74, 6) is 0. The van der Waals surface area contributed by atoms with Crippen molar-refractivity contribution in [3.8, 4) is 0 Å². The summed E-state index contributed by atoms with van der Waals surface area (Å²) in [5, 5.41) is 0. The molecule has 1 saturated heterocycles. The van der Waals surface area contributed by atoms with Crippen LogP contribution in [0.2, 0.25) is 0 Å². The summed E-state index contributed by atoms with van der Waals surface area (Å²) >= 11 is 0. The monoisotopic (exact) mass is 214 g/mol. The summed E-state index contributed by atoms with van der Waals surface area (Å²) in [6.45, 7) is 13.6. The van der Waals surface area contributed by atoms with Gasteiger partial charge in [-0.2, -0.15) is 0 Å². The van der Waals surface area contributed by atoms with Crippen molar-refractivity contribution in [1.29, 1.82) is 0 Å². The van der Waals surface area contributed by atoms with E-state index in [0.717, 1.165) is 6.42 Å². The van der Waals surface area contributed by atoms with Crippen LogP contribution in [-0.4, -0.2) is 29.6 Å². The highest BCUT2D eigenvalue weighted by Crippen LogP contribution is 2.30. The molecule has 0 spiro atoms. The van der Waals surface area contributed by atoms with Gasteiger partial charge in [0.25, 0.3) is 0 Å². The molecule has 2 heteroatoms. The number of hydrogen-bond acceptors (Lipinski definition) is 2. The van der Waals surface area contributed by atoms with Gasteiger partial charge in [0.2, 0.25) is 0 Å². The maximum Gasteiger partial charge on any atom is 0.0179 e. The highest BCUT2D eigenvalue weighted by molar-refractivity contribution is 4.89. The Balaban J connectivity index is 0.000000336. The molecule has 1 rings (SSSR count). The van der Waals surface area contributed by atoms with Crippen molar-refractivity contribution in [2.45, 2.75) is 71.9 Å². The second-order valence-corrected chi connectivity index (χ2v) is 4.92. The molecule has 0 aromatic carbocycles. The third-order valence-corrected chi connectivity index (χ3v) is 3.69. The molecule has 15 heavy (non-hydrogen) atoms. The van der Waals surface area contributed by atoms with E-state index in [-0.39, 0.29) is 0 Å². The first-order valence-corrected chi connectivity index (χ1v) is 6.50. The quantitative estimate of drug-likeness (QED) is 0.782. The molecule has 0 aromatic rings. The third-order valence-electron chi connectivity index (χ3n) is 3.69. The zero-order valence-corrected chi connectivity index (χ0v) is 11.3. The molecule has 2 nitrogen and oxygen atoms in total.